The van der Waals surface area contributed by atoms with E-state index in [0.29, 0.717) is 18.7 Å². The molecule has 0 unspecified atom stereocenters. The molecule has 3 amide bonds. The predicted molar refractivity (Wildman–Crippen MR) is 155 cm³/mol. The Kier molecular flexibility index (Phi) is 8.05. The van der Waals surface area contributed by atoms with Crippen LogP contribution in [0.3, 0.4) is 0 Å². The van der Waals surface area contributed by atoms with Crippen molar-refractivity contribution in [3.8, 4) is 10.4 Å². The molecule has 9 heteroatoms. The quantitative estimate of drug-likeness (QED) is 0.435. The van der Waals surface area contributed by atoms with Crippen molar-refractivity contribution in [2.24, 2.45) is 5.92 Å². The van der Waals surface area contributed by atoms with Crippen molar-refractivity contribution in [3.63, 3.8) is 0 Å². The van der Waals surface area contributed by atoms with Crippen molar-refractivity contribution >= 4 is 29.1 Å². The maximum absolute atomic E-state index is 13.9. The van der Waals surface area contributed by atoms with Crippen molar-refractivity contribution in [1.29, 1.82) is 0 Å². The molecule has 5 rings (SSSR count). The van der Waals surface area contributed by atoms with Crippen molar-refractivity contribution in [2.75, 3.05) is 6.54 Å². The van der Waals surface area contributed by atoms with Gasteiger partial charge in [0, 0.05) is 31.6 Å². The van der Waals surface area contributed by atoms with Gasteiger partial charge in [0.05, 0.1) is 22.2 Å². The zero-order chi connectivity index (χ0) is 28.6. The number of carbonyl (C=O) groups is 3. The number of aliphatic hydroxyl groups excluding tert-OH is 1. The van der Waals surface area contributed by atoms with Crippen LogP contribution in [0.5, 0.6) is 0 Å². The largest absolute Gasteiger partial charge is 0.391 e. The van der Waals surface area contributed by atoms with E-state index < -0.39 is 18.2 Å². The van der Waals surface area contributed by atoms with Crippen LogP contribution in [0.25, 0.3) is 10.4 Å². The van der Waals surface area contributed by atoms with Gasteiger partial charge in [-0.25, -0.2) is 4.98 Å². The monoisotopic (exact) mass is 560 g/mol. The second-order valence-electron chi connectivity index (χ2n) is 11.0. The molecule has 2 aliphatic rings. The summed E-state index contributed by atoms with van der Waals surface area (Å²) in [6.07, 6.45) is 0.180. The lowest BCUT2D eigenvalue weighted by molar-refractivity contribution is -0.143. The molecule has 1 saturated heterocycles. The van der Waals surface area contributed by atoms with E-state index in [4.69, 9.17) is 0 Å². The van der Waals surface area contributed by atoms with Crippen molar-refractivity contribution < 1.29 is 19.5 Å². The molecule has 1 fully saturated rings. The number of hydrogen-bond donors (Lipinski definition) is 2. The molecule has 0 aliphatic carbocycles. The fourth-order valence-electron chi connectivity index (χ4n) is 5.90. The first-order valence-corrected chi connectivity index (χ1v) is 14.7. The second kappa shape index (κ2) is 11.5. The van der Waals surface area contributed by atoms with E-state index in [0.717, 1.165) is 39.2 Å². The summed E-state index contributed by atoms with van der Waals surface area (Å²) in [6.45, 7) is 8.64. The molecular weight excluding hydrogens is 524 g/mol. The number of β-amino-alcohol motifs (C(OH)–C–C–N with tert-alkyl or cyclic N) is 1. The average molecular weight is 561 g/mol. The molecule has 0 radical (unpaired) electrons. The first-order valence-electron chi connectivity index (χ1n) is 13.9. The van der Waals surface area contributed by atoms with E-state index in [2.05, 4.69) is 29.4 Å². The number of amides is 3. The van der Waals surface area contributed by atoms with E-state index in [9.17, 15) is 19.5 Å². The summed E-state index contributed by atoms with van der Waals surface area (Å²) >= 11 is 1.61. The van der Waals surface area contributed by atoms with Crippen LogP contribution in [0, 0.1) is 12.8 Å². The molecule has 0 saturated carbocycles. The Hall–Kier alpha value is -3.56. The normalized spacial score (nSPS) is 19.3. The van der Waals surface area contributed by atoms with Crippen molar-refractivity contribution in [1.82, 2.24) is 20.1 Å². The summed E-state index contributed by atoms with van der Waals surface area (Å²) in [7, 11) is 0. The molecule has 3 aromatic rings. The second-order valence-corrected chi connectivity index (χ2v) is 11.9. The predicted octanol–water partition coefficient (Wildman–Crippen LogP) is 3.94. The standard InChI is InChI=1S/C31H36N4O4S/c1-5-20-12-21(28-19(4)33-17-40-28)10-11-22(20)14-32-29(37)26-13-24(36)16-34(26)31(39)27(18(2)3)35-15-23-8-6-7-9-25(23)30(35)38/h6-12,17-18,24,26-27,36H,5,13-16H2,1-4H3,(H,32,37)/t24-,26+,27+/m1/s1. The zero-order valence-corrected chi connectivity index (χ0v) is 24.2. The van der Waals surface area contributed by atoms with E-state index in [1.54, 1.807) is 22.3 Å². The average Bonchev–Trinajstić information content (AvgIpc) is 3.64. The van der Waals surface area contributed by atoms with Gasteiger partial charge in [0.25, 0.3) is 5.91 Å². The molecular formula is C31H36N4O4S. The van der Waals surface area contributed by atoms with Gasteiger partial charge in [0.15, 0.2) is 0 Å². The van der Waals surface area contributed by atoms with E-state index in [-0.39, 0.29) is 36.6 Å². The van der Waals surface area contributed by atoms with Crippen LogP contribution in [-0.4, -0.2) is 62.3 Å². The number of rotatable bonds is 8. The molecule has 2 aliphatic heterocycles. The Morgan fingerprint density at radius 2 is 1.95 bits per heavy atom. The lowest BCUT2D eigenvalue weighted by Gasteiger charge is -2.35. The summed E-state index contributed by atoms with van der Waals surface area (Å²) in [5.74, 6) is -0.938. The van der Waals surface area contributed by atoms with Gasteiger partial charge >= 0.3 is 0 Å². The van der Waals surface area contributed by atoms with Gasteiger partial charge in [-0.3, -0.25) is 14.4 Å². The van der Waals surface area contributed by atoms with Gasteiger partial charge in [0.2, 0.25) is 11.8 Å². The highest BCUT2D eigenvalue weighted by Gasteiger charge is 2.45. The Morgan fingerprint density at radius 1 is 1.18 bits per heavy atom. The third-order valence-electron chi connectivity index (χ3n) is 7.98. The Balaban J connectivity index is 1.31. The van der Waals surface area contributed by atoms with Crippen LogP contribution >= 0.6 is 11.3 Å². The summed E-state index contributed by atoms with van der Waals surface area (Å²) < 4.78 is 0. The van der Waals surface area contributed by atoms with Gasteiger partial charge in [0.1, 0.15) is 12.1 Å². The maximum Gasteiger partial charge on any atom is 0.255 e. The minimum Gasteiger partial charge on any atom is -0.391 e. The minimum absolute atomic E-state index is 0.0677. The maximum atomic E-state index is 13.9. The van der Waals surface area contributed by atoms with Crippen LogP contribution in [0.15, 0.2) is 48.0 Å². The first-order chi connectivity index (χ1) is 19.2. The van der Waals surface area contributed by atoms with Crippen LogP contribution in [0.4, 0.5) is 0 Å². The van der Waals surface area contributed by atoms with Crippen molar-refractivity contribution in [2.45, 2.75) is 71.8 Å². The number of carbonyl (C=O) groups excluding carboxylic acids is 3. The summed E-state index contributed by atoms with van der Waals surface area (Å²) in [5, 5.41) is 13.5. The number of aliphatic hydroxyl groups is 1. The molecule has 0 spiro atoms. The highest BCUT2D eigenvalue weighted by molar-refractivity contribution is 7.13. The molecule has 3 heterocycles. The number of nitrogens with zero attached hydrogens (tertiary/aromatic N) is 3. The minimum atomic E-state index is -0.799. The van der Waals surface area contributed by atoms with Gasteiger partial charge in [-0.2, -0.15) is 0 Å². The number of likely N-dealkylation sites (tertiary alicyclic amines) is 1. The summed E-state index contributed by atoms with van der Waals surface area (Å²) in [5.41, 5.74) is 7.61. The fraction of sp³-hybridized carbons (Fsp3) is 0.419. The van der Waals surface area contributed by atoms with Crippen molar-refractivity contribution in [3.05, 3.63) is 75.9 Å². The van der Waals surface area contributed by atoms with Gasteiger partial charge in [-0.1, -0.05) is 51.1 Å². The molecule has 210 valence electrons. The number of fused-ring (bicyclic) bond motifs is 1. The lowest BCUT2D eigenvalue weighted by Crippen LogP contribution is -2.55. The molecule has 2 aromatic carbocycles. The lowest BCUT2D eigenvalue weighted by atomic mass is 9.99. The van der Waals surface area contributed by atoms with Gasteiger partial charge < -0.3 is 20.2 Å². The molecule has 40 heavy (non-hydrogen) atoms. The number of hydrogen-bond acceptors (Lipinski definition) is 6. The number of benzene rings is 2. The number of aryl methyl sites for hydroxylation is 2. The smallest absolute Gasteiger partial charge is 0.255 e. The SMILES string of the molecule is CCc1cc(-c2scnc2C)ccc1CNC(=O)[C@@H]1C[C@@H](O)CN1C(=O)[C@H](C(C)C)N1Cc2ccccc2C1=O. The van der Waals surface area contributed by atoms with E-state index >= 15 is 0 Å². The zero-order valence-electron chi connectivity index (χ0n) is 23.4. The van der Waals surface area contributed by atoms with E-state index in [1.165, 1.54) is 4.90 Å². The first kappa shape index (κ1) is 28.0. The molecule has 0 bridgehead atoms. The topological polar surface area (TPSA) is 103 Å². The van der Waals surface area contributed by atoms with Gasteiger partial charge in [-0.05, 0) is 53.6 Å². The summed E-state index contributed by atoms with van der Waals surface area (Å²) in [6, 6.07) is 12.1. The Morgan fingerprint density at radius 3 is 2.62 bits per heavy atom. The highest BCUT2D eigenvalue weighted by atomic mass is 32.1. The number of nitrogens with one attached hydrogen (secondary N) is 1. The molecule has 3 atom stereocenters. The molecule has 1 aromatic heterocycles. The van der Waals surface area contributed by atoms with Gasteiger partial charge in [-0.15, -0.1) is 11.3 Å². The van der Waals surface area contributed by atoms with Crippen LogP contribution < -0.4 is 5.32 Å². The number of thiazole rings is 1. The van der Waals surface area contributed by atoms with E-state index in [1.807, 2.05) is 50.5 Å². The van der Waals surface area contributed by atoms with Crippen LogP contribution in [-0.2, 0) is 29.1 Å². The van der Waals surface area contributed by atoms with Crippen LogP contribution in [0.2, 0.25) is 0 Å². The molecule has 8 nitrogen and oxygen atoms in total. The fourth-order valence-corrected chi connectivity index (χ4v) is 6.71. The van der Waals surface area contributed by atoms with Crippen LogP contribution in [0.1, 0.15) is 59.9 Å². The number of aromatic nitrogens is 1. The highest BCUT2D eigenvalue weighted by Crippen LogP contribution is 2.31. The Labute approximate surface area is 239 Å². The molecule has 2 N–H and O–H groups in total. The summed E-state index contributed by atoms with van der Waals surface area (Å²) in [4.78, 5) is 49.1. The third kappa shape index (κ3) is 5.28. The third-order valence-corrected chi connectivity index (χ3v) is 8.96. The Bertz CT molecular complexity index is 1430.